The number of nitro benzene ring substituents is 1. The van der Waals surface area contributed by atoms with Crippen LogP contribution in [0.4, 0.5) is 5.69 Å². The summed E-state index contributed by atoms with van der Waals surface area (Å²) in [6.45, 7) is 0. The summed E-state index contributed by atoms with van der Waals surface area (Å²) in [4.78, 5) is 9.84. The second kappa shape index (κ2) is 5.30. The molecule has 1 N–H and O–H groups in total. The first-order chi connectivity index (χ1) is 7.38. The Morgan fingerprint density at radius 3 is 2.38 bits per heavy atom. The Morgan fingerprint density at radius 1 is 1.38 bits per heavy atom. The summed E-state index contributed by atoms with van der Waals surface area (Å²) in [5.74, 6) is 0.205. The van der Waals surface area contributed by atoms with E-state index in [-0.39, 0.29) is 11.4 Å². The van der Waals surface area contributed by atoms with Crippen LogP contribution in [0.1, 0.15) is 5.56 Å². The third-order valence-corrected chi connectivity index (χ3v) is 3.83. The van der Waals surface area contributed by atoms with E-state index >= 15 is 0 Å². The van der Waals surface area contributed by atoms with Crippen molar-refractivity contribution >= 4 is 25.1 Å². The second-order valence-electron chi connectivity index (χ2n) is 2.92. The van der Waals surface area contributed by atoms with E-state index in [1.807, 2.05) is 0 Å². The van der Waals surface area contributed by atoms with Crippen molar-refractivity contribution in [2.45, 2.75) is 6.42 Å². The van der Waals surface area contributed by atoms with Gasteiger partial charge in [-0.25, -0.2) is 0 Å². The largest absolute Gasteiger partial charge is 0.712 e. The summed E-state index contributed by atoms with van der Waals surface area (Å²) in [6, 6.07) is 5.83. The number of nitrogens with zero attached hydrogens (tertiary/aromatic N) is 1. The van der Waals surface area contributed by atoms with Crippen LogP contribution < -0.4 is 0 Å². The summed E-state index contributed by atoms with van der Waals surface area (Å²) >= 11 is 0. The summed E-state index contributed by atoms with van der Waals surface area (Å²) in [6.07, 6.45) is 0.419. The molecule has 1 unspecified atom stereocenters. The number of hydrogen-bond acceptors (Lipinski definition) is 4. The van der Waals surface area contributed by atoms with Gasteiger partial charge in [0.1, 0.15) is 0 Å². The molecule has 0 saturated heterocycles. The Kier molecular flexibility index (Phi) is 4.30. The monoisotopic (exact) mass is 263 g/mol. The van der Waals surface area contributed by atoms with Gasteiger partial charge in [-0.2, -0.15) is 4.21 Å². The lowest BCUT2D eigenvalue weighted by atomic mass is 10.1. The molecule has 0 heterocycles. The highest BCUT2D eigenvalue weighted by Gasteiger charge is 2.06. The number of aryl methyl sites for hydroxylation is 1. The molecule has 1 aromatic carbocycles. The fourth-order valence-electron chi connectivity index (χ4n) is 1.05. The van der Waals surface area contributed by atoms with Crippen LogP contribution in [0.5, 0.6) is 0 Å². The number of nitro groups is 1. The molecule has 0 amide bonds. The predicted molar refractivity (Wildman–Crippen MR) is 60.6 cm³/mol. The number of non-ortho nitro benzene ring substituents is 1. The Balaban J connectivity index is 2.63. The molecule has 6 nitrogen and oxygen atoms in total. The molecule has 1 rings (SSSR count). The average Bonchev–Trinajstić information content (AvgIpc) is 2.16. The Bertz CT molecular complexity index is 482. The van der Waals surface area contributed by atoms with Crippen LogP contribution in [0.25, 0.3) is 0 Å². The van der Waals surface area contributed by atoms with Crippen LogP contribution in [-0.4, -0.2) is 24.0 Å². The molecule has 0 spiro atoms. The molecule has 88 valence electrons. The lowest BCUT2D eigenvalue weighted by Gasteiger charge is -1.95. The highest BCUT2D eigenvalue weighted by Crippen LogP contribution is 2.12. The lowest BCUT2D eigenvalue weighted by molar-refractivity contribution is -0.384. The normalized spacial score (nSPS) is 14.1. The van der Waals surface area contributed by atoms with Gasteiger partial charge in [0.2, 0.25) is 0 Å². The van der Waals surface area contributed by atoms with Crippen LogP contribution in [0.15, 0.2) is 24.3 Å². The van der Waals surface area contributed by atoms with Gasteiger partial charge >= 0.3 is 0 Å². The van der Waals surface area contributed by atoms with Gasteiger partial charge < -0.3 is 4.55 Å². The first kappa shape index (κ1) is 13.0. The first-order valence-electron chi connectivity index (χ1n) is 4.23. The molecule has 0 aliphatic rings. The second-order valence-corrected chi connectivity index (χ2v) is 6.39. The van der Waals surface area contributed by atoms with E-state index < -0.39 is 14.0 Å². The molecule has 0 aliphatic carbocycles. The van der Waals surface area contributed by atoms with Crippen molar-refractivity contribution in [2.75, 3.05) is 5.75 Å². The van der Waals surface area contributed by atoms with E-state index in [1.54, 1.807) is 12.1 Å². The lowest BCUT2D eigenvalue weighted by Crippen LogP contribution is -2.00. The van der Waals surface area contributed by atoms with E-state index in [2.05, 4.69) is 0 Å². The van der Waals surface area contributed by atoms with Crippen LogP contribution in [0.3, 0.4) is 0 Å². The maximum absolute atomic E-state index is 10.4. The topological polar surface area (TPSA) is 104 Å². The van der Waals surface area contributed by atoms with Gasteiger partial charge in [0.25, 0.3) is 25.1 Å². The van der Waals surface area contributed by atoms with E-state index in [0.29, 0.717) is 16.7 Å². The average molecular weight is 263 g/mol. The van der Waals surface area contributed by atoms with Crippen molar-refractivity contribution in [3.63, 3.8) is 0 Å². The van der Waals surface area contributed by atoms with Gasteiger partial charge in [0.05, 0.1) is 4.92 Å². The van der Waals surface area contributed by atoms with Crippen LogP contribution >= 0.6 is 0 Å². The molecule has 0 radical (unpaired) electrons. The molecular weight excluding hydrogens is 254 g/mol. The van der Waals surface area contributed by atoms with E-state index in [0.717, 1.165) is 5.56 Å². The molecule has 1 aromatic rings. The molecule has 1 atom stereocenters. The number of rotatable bonds is 4. The molecule has 0 aliphatic heterocycles. The molecule has 16 heavy (non-hydrogen) atoms. The van der Waals surface area contributed by atoms with Crippen molar-refractivity contribution in [1.82, 2.24) is 0 Å². The molecule has 0 saturated carbocycles. The van der Waals surface area contributed by atoms with E-state index in [4.69, 9.17) is 4.55 Å². The van der Waals surface area contributed by atoms with Crippen molar-refractivity contribution in [2.24, 2.45) is 0 Å². The maximum atomic E-state index is 10.4. The molecular formula is C8H9NO5S2. The number of hydrogen-bond donors (Lipinski definition) is 1. The van der Waals surface area contributed by atoms with E-state index in [1.165, 1.54) is 12.1 Å². The minimum Gasteiger partial charge on any atom is -0.712 e. The highest BCUT2D eigenvalue weighted by atomic mass is 32.9. The minimum atomic E-state index is -4.01. The summed E-state index contributed by atoms with van der Waals surface area (Å²) in [5.41, 5.74) is 0.771. The Labute approximate surface area is 95.7 Å². The molecule has 0 fully saturated rings. The van der Waals surface area contributed by atoms with Gasteiger partial charge in [0, 0.05) is 18.6 Å². The SMILES string of the molecule is O=[N+]([O-])c1ccc(CC[S+]=S(=O)([O-])O)cc1. The minimum absolute atomic E-state index is 0.00816. The van der Waals surface area contributed by atoms with Crippen LogP contribution in [-0.2, 0) is 25.8 Å². The predicted octanol–water partition coefficient (Wildman–Crippen LogP) is 1.02. The third kappa shape index (κ3) is 4.62. The zero-order chi connectivity index (χ0) is 12.2. The zero-order valence-electron chi connectivity index (χ0n) is 8.07. The molecule has 8 heteroatoms. The van der Waals surface area contributed by atoms with Crippen LogP contribution in [0.2, 0.25) is 0 Å². The van der Waals surface area contributed by atoms with Gasteiger partial charge in [-0.3, -0.25) is 14.7 Å². The fourth-order valence-corrected chi connectivity index (χ4v) is 2.46. The maximum Gasteiger partial charge on any atom is 0.269 e. The molecule has 0 aromatic heterocycles. The van der Waals surface area contributed by atoms with Gasteiger partial charge in [-0.1, -0.05) is 12.1 Å². The summed E-state index contributed by atoms with van der Waals surface area (Å²) in [7, 11) is -3.57. The smallest absolute Gasteiger partial charge is 0.269 e. The van der Waals surface area contributed by atoms with Crippen LogP contribution in [0, 0.1) is 10.1 Å². The van der Waals surface area contributed by atoms with Gasteiger partial charge in [-0.05, 0) is 5.56 Å². The van der Waals surface area contributed by atoms with Crippen molar-refractivity contribution in [1.29, 1.82) is 0 Å². The number of benzene rings is 1. The zero-order valence-corrected chi connectivity index (χ0v) is 9.70. The Morgan fingerprint density at radius 2 is 1.94 bits per heavy atom. The van der Waals surface area contributed by atoms with Crippen molar-refractivity contribution in [3.05, 3.63) is 39.9 Å². The van der Waals surface area contributed by atoms with Crippen molar-refractivity contribution in [3.8, 4) is 0 Å². The Hall–Kier alpha value is -1.09. The van der Waals surface area contributed by atoms with Crippen molar-refractivity contribution < 1.29 is 18.2 Å². The summed E-state index contributed by atoms with van der Waals surface area (Å²) < 4.78 is 29.2. The first-order valence-corrected chi connectivity index (χ1v) is 7.18. The van der Waals surface area contributed by atoms with Gasteiger partial charge in [0.15, 0.2) is 5.75 Å². The third-order valence-electron chi connectivity index (χ3n) is 1.77. The highest BCUT2D eigenvalue weighted by molar-refractivity contribution is 8.33. The standard InChI is InChI=1S/C8H9NO5S2/c10-9(11)8-3-1-7(2-4-8)5-6-15-16(12,13)14/h1-4H,5-6H2,(H-,12,13,14). The van der Waals surface area contributed by atoms with Gasteiger partial charge in [-0.15, -0.1) is 0 Å². The molecule has 0 bridgehead atoms. The quantitative estimate of drug-likeness (QED) is 0.496. The fraction of sp³-hybridized carbons (Fsp3) is 0.250. The van der Waals surface area contributed by atoms with E-state index in [9.17, 15) is 18.9 Å². The summed E-state index contributed by atoms with van der Waals surface area (Å²) in [5, 5.41) is 10.3.